The Balaban J connectivity index is 1.91. The first-order chi connectivity index (χ1) is 12.7. The van der Waals surface area contributed by atoms with E-state index in [1.54, 1.807) is 17.0 Å². The van der Waals surface area contributed by atoms with E-state index in [1.165, 1.54) is 12.1 Å². The third-order valence-corrected chi connectivity index (χ3v) is 4.60. The largest absolute Gasteiger partial charge is 0.444 e. The summed E-state index contributed by atoms with van der Waals surface area (Å²) in [5, 5.41) is 4.82. The van der Waals surface area contributed by atoms with Crippen LogP contribution >= 0.6 is 0 Å². The lowest BCUT2D eigenvalue weighted by Gasteiger charge is -2.26. The van der Waals surface area contributed by atoms with Crippen LogP contribution in [-0.4, -0.2) is 39.5 Å². The maximum absolute atomic E-state index is 13.4. The van der Waals surface area contributed by atoms with Crippen molar-refractivity contribution in [3.05, 3.63) is 41.3 Å². The molecule has 5 nitrogen and oxygen atoms in total. The number of carbonyl (C=O) groups is 1. The second kappa shape index (κ2) is 7.33. The normalized spacial score (nSPS) is 14.9. The lowest BCUT2D eigenvalue weighted by molar-refractivity contribution is 0.0258. The molecule has 6 heteroatoms. The Labute approximate surface area is 160 Å². The fraction of sp³-hybridized carbons (Fsp3) is 0.524. The highest BCUT2D eigenvalue weighted by Crippen LogP contribution is 2.31. The molecule has 0 spiro atoms. The second-order valence-corrected chi connectivity index (χ2v) is 8.29. The quantitative estimate of drug-likeness (QED) is 0.773. The van der Waals surface area contributed by atoms with Crippen LogP contribution in [-0.2, 0) is 17.6 Å². The maximum Gasteiger partial charge on any atom is 0.410 e. The highest BCUT2D eigenvalue weighted by Gasteiger charge is 2.28. The first kappa shape index (κ1) is 19.4. The van der Waals surface area contributed by atoms with Gasteiger partial charge in [-0.25, -0.2) is 9.18 Å². The lowest BCUT2D eigenvalue weighted by atomic mass is 10.0. The summed E-state index contributed by atoms with van der Waals surface area (Å²) >= 11 is 0. The van der Waals surface area contributed by atoms with Crippen molar-refractivity contribution >= 4 is 6.09 Å². The fourth-order valence-electron chi connectivity index (χ4n) is 3.38. The number of benzene rings is 1. The minimum atomic E-state index is -0.510. The molecule has 2 aromatic rings. The van der Waals surface area contributed by atoms with Gasteiger partial charge < -0.3 is 9.64 Å². The van der Waals surface area contributed by atoms with Crippen LogP contribution in [0.5, 0.6) is 0 Å². The number of nitrogens with zero attached hydrogens (tertiary/aromatic N) is 3. The van der Waals surface area contributed by atoms with Crippen LogP contribution in [0.2, 0.25) is 0 Å². The number of ether oxygens (including phenoxy) is 1. The molecule has 1 aromatic heterocycles. The van der Waals surface area contributed by atoms with E-state index in [0.717, 1.165) is 22.5 Å². The van der Waals surface area contributed by atoms with Gasteiger partial charge in [0.25, 0.3) is 0 Å². The summed E-state index contributed by atoms with van der Waals surface area (Å²) in [6, 6.07) is 6.73. The van der Waals surface area contributed by atoms with Gasteiger partial charge in [-0.2, -0.15) is 5.10 Å². The van der Waals surface area contributed by atoms with Gasteiger partial charge >= 0.3 is 6.09 Å². The molecule has 0 atom stereocenters. The Hall–Kier alpha value is -2.37. The van der Waals surface area contributed by atoms with Gasteiger partial charge in [0.2, 0.25) is 0 Å². The smallest absolute Gasteiger partial charge is 0.410 e. The molecule has 0 saturated heterocycles. The number of hydrogen-bond donors (Lipinski definition) is 0. The summed E-state index contributed by atoms with van der Waals surface area (Å²) in [4.78, 5) is 14.2. The monoisotopic (exact) mass is 373 g/mol. The van der Waals surface area contributed by atoms with Crippen molar-refractivity contribution in [1.29, 1.82) is 0 Å². The number of rotatable bonds is 2. The van der Waals surface area contributed by atoms with Gasteiger partial charge in [0.05, 0.1) is 11.4 Å². The molecular formula is C21H28FN3O2. The summed E-state index contributed by atoms with van der Waals surface area (Å²) in [5.74, 6) is -0.253. The first-order valence-electron chi connectivity index (χ1n) is 9.50. The van der Waals surface area contributed by atoms with E-state index in [-0.39, 0.29) is 18.0 Å². The second-order valence-electron chi connectivity index (χ2n) is 8.29. The van der Waals surface area contributed by atoms with E-state index in [1.807, 2.05) is 25.5 Å². The molecule has 1 aliphatic rings. The average Bonchev–Trinajstić information content (AvgIpc) is 2.80. The molecule has 0 unspecified atom stereocenters. The van der Waals surface area contributed by atoms with Crippen LogP contribution < -0.4 is 0 Å². The summed E-state index contributed by atoms with van der Waals surface area (Å²) in [6.07, 6.45) is 1.10. The average molecular weight is 373 g/mol. The van der Waals surface area contributed by atoms with Crippen LogP contribution in [0, 0.1) is 5.82 Å². The topological polar surface area (TPSA) is 47.4 Å². The molecule has 0 radical (unpaired) electrons. The molecule has 3 rings (SSSR count). The Bertz CT molecular complexity index is 819. The molecule has 2 heterocycles. The van der Waals surface area contributed by atoms with Crippen LogP contribution in [0.3, 0.4) is 0 Å². The number of halogens is 1. The zero-order chi connectivity index (χ0) is 19.8. The Kier molecular flexibility index (Phi) is 5.27. The van der Waals surface area contributed by atoms with Gasteiger partial charge in [0.15, 0.2) is 0 Å². The zero-order valence-corrected chi connectivity index (χ0v) is 16.8. The van der Waals surface area contributed by atoms with Gasteiger partial charge in [-0.1, -0.05) is 0 Å². The lowest BCUT2D eigenvalue weighted by Crippen LogP contribution is -2.38. The summed E-state index contributed by atoms with van der Waals surface area (Å²) < 4.78 is 20.9. The van der Waals surface area contributed by atoms with Gasteiger partial charge in [0, 0.05) is 36.7 Å². The van der Waals surface area contributed by atoms with Crippen LogP contribution in [0.4, 0.5) is 9.18 Å². The summed E-state index contributed by atoms with van der Waals surface area (Å²) in [6.45, 7) is 11.0. The Morgan fingerprint density at radius 3 is 2.37 bits per heavy atom. The molecule has 27 heavy (non-hydrogen) atoms. The van der Waals surface area contributed by atoms with Crippen molar-refractivity contribution in [3.8, 4) is 11.3 Å². The van der Waals surface area contributed by atoms with Gasteiger partial charge in [-0.05, 0) is 65.3 Å². The number of fused-ring (bicyclic) bond motifs is 1. The minimum Gasteiger partial charge on any atom is -0.444 e. The number of amides is 1. The molecule has 0 saturated carbocycles. The van der Waals surface area contributed by atoms with E-state index in [0.29, 0.717) is 25.9 Å². The molecule has 0 N–H and O–H groups in total. The fourth-order valence-corrected chi connectivity index (χ4v) is 3.38. The number of aromatic nitrogens is 2. The standard InChI is InChI=1S/C21H28FN3O2/c1-14(2)25-19(15-6-8-16(22)9-7-15)17-10-12-24(13-11-18(17)23-25)20(26)27-21(3,4)5/h6-9,14H,10-13H2,1-5H3. The van der Waals surface area contributed by atoms with Crippen molar-refractivity contribution < 1.29 is 13.9 Å². The van der Waals surface area contributed by atoms with Gasteiger partial charge in [0.1, 0.15) is 11.4 Å². The van der Waals surface area contributed by atoms with Crippen LogP contribution in [0.15, 0.2) is 24.3 Å². The van der Waals surface area contributed by atoms with E-state index in [9.17, 15) is 9.18 Å². The molecule has 0 aliphatic carbocycles. The molecular weight excluding hydrogens is 345 g/mol. The SMILES string of the molecule is CC(C)n1nc2c(c1-c1ccc(F)cc1)CCN(C(=O)OC(C)(C)C)CC2. The molecule has 1 aromatic carbocycles. The first-order valence-corrected chi connectivity index (χ1v) is 9.50. The highest BCUT2D eigenvalue weighted by atomic mass is 19.1. The van der Waals surface area contributed by atoms with E-state index >= 15 is 0 Å². The van der Waals surface area contributed by atoms with Crippen LogP contribution in [0.25, 0.3) is 11.3 Å². The maximum atomic E-state index is 13.4. The Morgan fingerprint density at radius 2 is 1.78 bits per heavy atom. The van der Waals surface area contributed by atoms with Crippen LogP contribution in [0.1, 0.15) is 51.9 Å². The Morgan fingerprint density at radius 1 is 1.15 bits per heavy atom. The summed E-state index contributed by atoms with van der Waals surface area (Å²) in [5.41, 5.74) is 3.61. The molecule has 146 valence electrons. The van der Waals surface area contributed by atoms with E-state index < -0.39 is 5.60 Å². The predicted molar refractivity (Wildman–Crippen MR) is 103 cm³/mol. The predicted octanol–water partition coefficient (Wildman–Crippen LogP) is 4.61. The van der Waals surface area contributed by atoms with Gasteiger partial charge in [-0.3, -0.25) is 4.68 Å². The minimum absolute atomic E-state index is 0.193. The van der Waals surface area contributed by atoms with Crippen molar-refractivity contribution in [2.75, 3.05) is 13.1 Å². The van der Waals surface area contributed by atoms with E-state index in [4.69, 9.17) is 9.84 Å². The zero-order valence-electron chi connectivity index (χ0n) is 16.8. The van der Waals surface area contributed by atoms with Gasteiger partial charge in [-0.15, -0.1) is 0 Å². The third-order valence-electron chi connectivity index (χ3n) is 4.60. The van der Waals surface area contributed by atoms with Crippen molar-refractivity contribution in [3.63, 3.8) is 0 Å². The molecule has 0 fully saturated rings. The number of carbonyl (C=O) groups excluding carboxylic acids is 1. The molecule has 1 amide bonds. The number of hydrogen-bond acceptors (Lipinski definition) is 3. The summed E-state index contributed by atoms with van der Waals surface area (Å²) in [7, 11) is 0. The molecule has 1 aliphatic heterocycles. The van der Waals surface area contributed by atoms with Crippen molar-refractivity contribution in [2.24, 2.45) is 0 Å². The van der Waals surface area contributed by atoms with Crippen molar-refractivity contribution in [1.82, 2.24) is 14.7 Å². The van der Waals surface area contributed by atoms with E-state index in [2.05, 4.69) is 13.8 Å². The highest BCUT2D eigenvalue weighted by molar-refractivity contribution is 5.69. The third kappa shape index (κ3) is 4.31. The van der Waals surface area contributed by atoms with Crippen molar-refractivity contribution in [2.45, 2.75) is 59.1 Å². The molecule has 0 bridgehead atoms.